The molecule has 0 heterocycles. The van der Waals surface area contributed by atoms with E-state index in [1.165, 1.54) is 24.3 Å². The highest BCUT2D eigenvalue weighted by atomic mass is 32.3. The molecule has 0 saturated heterocycles. The predicted octanol–water partition coefficient (Wildman–Crippen LogP) is 0.803. The van der Waals surface area contributed by atoms with Crippen LogP contribution in [-0.2, 0) is 21.4 Å². The summed E-state index contributed by atoms with van der Waals surface area (Å²) in [6.45, 7) is 0. The van der Waals surface area contributed by atoms with Crippen molar-refractivity contribution in [2.45, 2.75) is 6.42 Å². The van der Waals surface area contributed by atoms with Crippen molar-refractivity contribution in [3.05, 3.63) is 29.8 Å². The molecule has 1 rings (SSSR count). The summed E-state index contributed by atoms with van der Waals surface area (Å²) in [5.74, 6) is -1.78. The fourth-order valence-corrected chi connectivity index (χ4v) is 1.57. The maximum absolute atomic E-state index is 12.1. The van der Waals surface area contributed by atoms with Crippen LogP contribution in [0.2, 0.25) is 0 Å². The first-order valence-electron chi connectivity index (χ1n) is 4.09. The van der Waals surface area contributed by atoms with E-state index in [1.807, 2.05) is 0 Å². The number of phenolic OH excluding ortho intramolecular Hbond substituents is 1. The van der Waals surface area contributed by atoms with E-state index in [-0.39, 0.29) is 12.2 Å². The first-order chi connectivity index (χ1) is 6.87. The molecule has 1 N–H and O–H groups in total. The van der Waals surface area contributed by atoms with E-state index in [2.05, 4.69) is 0 Å². The van der Waals surface area contributed by atoms with Crippen LogP contribution in [0.15, 0.2) is 24.3 Å². The molecule has 0 aliphatic rings. The predicted molar refractivity (Wildman–Crippen MR) is 51.7 cm³/mol. The van der Waals surface area contributed by atoms with Gasteiger partial charge >= 0.3 is 10.2 Å². The van der Waals surface area contributed by atoms with Gasteiger partial charge in [-0.1, -0.05) is 12.1 Å². The number of benzene rings is 1. The Bertz CT molecular complexity index is 450. The molecule has 0 aliphatic heterocycles. The van der Waals surface area contributed by atoms with Crippen LogP contribution in [0.1, 0.15) is 5.56 Å². The van der Waals surface area contributed by atoms with E-state index in [1.54, 1.807) is 0 Å². The molecule has 0 aromatic heterocycles. The Balaban J connectivity index is 2.63. The lowest BCUT2D eigenvalue weighted by Crippen LogP contribution is -2.14. The van der Waals surface area contributed by atoms with E-state index in [0.29, 0.717) is 5.56 Å². The number of Topliss-reactive ketones (excluding diaryl/α,β-unsaturated/α-hetero) is 1. The van der Waals surface area contributed by atoms with Crippen molar-refractivity contribution < 1.29 is 22.2 Å². The summed E-state index contributed by atoms with van der Waals surface area (Å²) in [4.78, 5) is 11.0. The lowest BCUT2D eigenvalue weighted by Gasteiger charge is -1.99. The zero-order valence-electron chi connectivity index (χ0n) is 7.68. The third kappa shape index (κ3) is 4.55. The van der Waals surface area contributed by atoms with Gasteiger partial charge in [0.1, 0.15) is 11.5 Å². The second-order valence-corrected chi connectivity index (χ2v) is 4.43. The van der Waals surface area contributed by atoms with E-state index >= 15 is 0 Å². The minimum absolute atomic E-state index is 0.0457. The SMILES string of the molecule is O=C(Cc1ccc(O)cc1)CS(=O)(=O)F. The van der Waals surface area contributed by atoms with Crippen LogP contribution >= 0.6 is 0 Å². The van der Waals surface area contributed by atoms with Crippen molar-refractivity contribution in [1.82, 2.24) is 0 Å². The largest absolute Gasteiger partial charge is 0.508 e. The number of halogens is 1. The fourth-order valence-electron chi connectivity index (χ4n) is 1.08. The van der Waals surface area contributed by atoms with E-state index in [0.717, 1.165) is 0 Å². The molecular weight excluding hydrogens is 223 g/mol. The van der Waals surface area contributed by atoms with Crippen LogP contribution < -0.4 is 0 Å². The zero-order chi connectivity index (χ0) is 11.5. The summed E-state index contributed by atoms with van der Waals surface area (Å²) in [6, 6.07) is 5.68. The van der Waals surface area contributed by atoms with Crippen molar-refractivity contribution in [3.63, 3.8) is 0 Å². The van der Waals surface area contributed by atoms with E-state index < -0.39 is 21.8 Å². The van der Waals surface area contributed by atoms with Crippen molar-refractivity contribution in [2.24, 2.45) is 0 Å². The third-order valence-corrected chi connectivity index (χ3v) is 2.34. The molecule has 0 saturated carbocycles. The number of aromatic hydroxyl groups is 1. The minimum atomic E-state index is -4.75. The molecule has 0 bridgehead atoms. The lowest BCUT2D eigenvalue weighted by atomic mass is 10.1. The molecule has 0 amide bonds. The number of ketones is 1. The summed E-state index contributed by atoms with van der Waals surface area (Å²) >= 11 is 0. The van der Waals surface area contributed by atoms with Crippen molar-refractivity contribution in [2.75, 3.05) is 5.75 Å². The monoisotopic (exact) mass is 232 g/mol. The quantitative estimate of drug-likeness (QED) is 0.779. The fraction of sp³-hybridized carbons (Fsp3) is 0.222. The molecule has 0 aliphatic carbocycles. The molecule has 82 valence electrons. The molecule has 1 aromatic carbocycles. The standard InChI is InChI=1S/C9H9FO4S/c10-15(13,14)6-9(12)5-7-1-3-8(11)4-2-7/h1-4,11H,5-6H2. The Morgan fingerprint density at radius 1 is 1.27 bits per heavy atom. The Morgan fingerprint density at radius 3 is 2.27 bits per heavy atom. The normalized spacial score (nSPS) is 11.3. The molecule has 0 atom stereocenters. The average Bonchev–Trinajstić information content (AvgIpc) is 2.05. The van der Waals surface area contributed by atoms with Crippen LogP contribution in [0, 0.1) is 0 Å². The Labute approximate surface area is 86.6 Å². The van der Waals surface area contributed by atoms with Crippen molar-refractivity contribution in [3.8, 4) is 5.75 Å². The molecule has 6 heteroatoms. The van der Waals surface area contributed by atoms with Crippen LogP contribution in [0.3, 0.4) is 0 Å². The Kier molecular flexibility index (Phi) is 3.41. The van der Waals surface area contributed by atoms with Gasteiger partial charge in [0.25, 0.3) is 0 Å². The topological polar surface area (TPSA) is 71.4 Å². The lowest BCUT2D eigenvalue weighted by molar-refractivity contribution is -0.116. The van der Waals surface area contributed by atoms with Gasteiger partial charge in [-0.15, -0.1) is 3.89 Å². The average molecular weight is 232 g/mol. The van der Waals surface area contributed by atoms with Crippen LogP contribution in [0.4, 0.5) is 3.89 Å². The van der Waals surface area contributed by atoms with Gasteiger partial charge in [0.15, 0.2) is 5.78 Å². The molecule has 0 unspecified atom stereocenters. The first kappa shape index (κ1) is 11.6. The highest BCUT2D eigenvalue weighted by Crippen LogP contribution is 2.10. The van der Waals surface area contributed by atoms with Crippen LogP contribution in [0.5, 0.6) is 5.75 Å². The number of phenols is 1. The zero-order valence-corrected chi connectivity index (χ0v) is 8.50. The summed E-state index contributed by atoms with van der Waals surface area (Å²) < 4.78 is 32.4. The summed E-state index contributed by atoms with van der Waals surface area (Å²) in [7, 11) is -4.75. The smallest absolute Gasteiger partial charge is 0.309 e. The molecule has 4 nitrogen and oxygen atoms in total. The molecule has 0 fully saturated rings. The van der Waals surface area contributed by atoms with Gasteiger partial charge in [0, 0.05) is 6.42 Å². The first-order valence-corrected chi connectivity index (χ1v) is 5.64. The maximum atomic E-state index is 12.1. The van der Waals surface area contributed by atoms with Gasteiger partial charge in [-0.05, 0) is 17.7 Å². The molecule has 0 radical (unpaired) electrons. The molecule has 1 aromatic rings. The Hall–Kier alpha value is -1.43. The maximum Gasteiger partial charge on any atom is 0.309 e. The second-order valence-electron chi connectivity index (χ2n) is 3.07. The summed E-state index contributed by atoms with van der Waals surface area (Å²) in [5, 5.41) is 8.94. The van der Waals surface area contributed by atoms with Gasteiger partial charge in [-0.3, -0.25) is 4.79 Å². The van der Waals surface area contributed by atoms with Crippen molar-refractivity contribution in [1.29, 1.82) is 0 Å². The number of carbonyl (C=O) groups excluding carboxylic acids is 1. The molecule has 15 heavy (non-hydrogen) atoms. The number of carbonyl (C=O) groups is 1. The van der Waals surface area contributed by atoms with Gasteiger partial charge in [-0.25, -0.2) is 0 Å². The number of hydrogen-bond acceptors (Lipinski definition) is 4. The number of rotatable bonds is 4. The summed E-state index contributed by atoms with van der Waals surface area (Å²) in [5.41, 5.74) is 0.529. The highest BCUT2D eigenvalue weighted by molar-refractivity contribution is 7.87. The van der Waals surface area contributed by atoms with E-state index in [4.69, 9.17) is 5.11 Å². The third-order valence-electron chi connectivity index (χ3n) is 1.67. The number of hydrogen-bond donors (Lipinski definition) is 1. The van der Waals surface area contributed by atoms with Crippen LogP contribution in [-0.4, -0.2) is 25.1 Å². The van der Waals surface area contributed by atoms with Gasteiger partial charge in [-0.2, -0.15) is 8.42 Å². The Morgan fingerprint density at radius 2 is 1.80 bits per heavy atom. The molecular formula is C9H9FO4S. The molecule has 0 spiro atoms. The van der Waals surface area contributed by atoms with Gasteiger partial charge in [0.05, 0.1) is 0 Å². The summed E-state index contributed by atoms with van der Waals surface area (Å²) in [6.07, 6.45) is -0.163. The van der Waals surface area contributed by atoms with Gasteiger partial charge in [0.2, 0.25) is 0 Å². The second kappa shape index (κ2) is 4.39. The minimum Gasteiger partial charge on any atom is -0.508 e. The van der Waals surface area contributed by atoms with Gasteiger partial charge < -0.3 is 5.11 Å². The van der Waals surface area contributed by atoms with Crippen molar-refractivity contribution >= 4 is 16.0 Å². The van der Waals surface area contributed by atoms with E-state index in [9.17, 15) is 17.1 Å². The highest BCUT2D eigenvalue weighted by Gasteiger charge is 2.14. The van der Waals surface area contributed by atoms with Crippen LogP contribution in [0.25, 0.3) is 0 Å².